The van der Waals surface area contributed by atoms with E-state index >= 15 is 0 Å². The highest BCUT2D eigenvalue weighted by molar-refractivity contribution is 5.68. The van der Waals surface area contributed by atoms with Crippen molar-refractivity contribution in [2.24, 2.45) is 52.1 Å². The average molecular weight is 702 g/mol. The first-order valence-electron chi connectivity index (χ1n) is 19.2. The van der Waals surface area contributed by atoms with Crippen molar-refractivity contribution in [2.45, 2.75) is 155 Å². The fraction of sp³-hybridized carbons (Fsp3) is 0.872. The molecular formula is C39H59NO10. The Labute approximate surface area is 296 Å². The summed E-state index contributed by atoms with van der Waals surface area (Å²) in [5, 5.41) is 0. The van der Waals surface area contributed by atoms with Crippen molar-refractivity contribution in [3.63, 3.8) is 0 Å². The van der Waals surface area contributed by atoms with Gasteiger partial charge in [0.05, 0.1) is 24.9 Å². The Morgan fingerprint density at radius 3 is 2.36 bits per heavy atom. The lowest BCUT2D eigenvalue weighted by Crippen LogP contribution is -2.65. The molecule has 2 N–H and O–H groups in total. The summed E-state index contributed by atoms with van der Waals surface area (Å²) in [6, 6.07) is -0.918. The number of ether oxygens (including phenoxy) is 7. The Kier molecular flexibility index (Phi) is 9.75. The second kappa shape index (κ2) is 13.4. The maximum atomic E-state index is 12.1. The number of rotatable bonds is 6. The molecule has 3 saturated heterocycles. The van der Waals surface area contributed by atoms with E-state index < -0.39 is 48.6 Å². The van der Waals surface area contributed by atoms with Gasteiger partial charge in [-0.05, 0) is 91.8 Å². The summed E-state index contributed by atoms with van der Waals surface area (Å²) >= 11 is 0. The minimum absolute atomic E-state index is 0.103. The third-order valence-electron chi connectivity index (χ3n) is 14.4. The van der Waals surface area contributed by atoms with E-state index in [1.54, 1.807) is 0 Å². The molecule has 16 atom stereocenters. The van der Waals surface area contributed by atoms with Crippen LogP contribution >= 0.6 is 0 Å². The molecule has 0 amide bonds. The first-order chi connectivity index (χ1) is 23.6. The van der Waals surface area contributed by atoms with Crippen LogP contribution in [0.1, 0.15) is 106 Å². The summed E-state index contributed by atoms with van der Waals surface area (Å²) in [5.74, 6) is 1.41. The minimum Gasteiger partial charge on any atom is -0.463 e. The van der Waals surface area contributed by atoms with E-state index in [-0.39, 0.29) is 35.4 Å². The van der Waals surface area contributed by atoms with Crippen molar-refractivity contribution in [1.82, 2.24) is 0 Å². The molecule has 3 aliphatic heterocycles. The second-order valence-corrected chi connectivity index (χ2v) is 17.3. The molecule has 3 saturated carbocycles. The SMILES string of the molecule is CC(=O)OC[C@H]1O[C@@H](O[C@H]2CC[C@@]3(C)C(=CC[C@H]4[C@@H]5C[C@@H]6O[C@]7(CC[C@@H](C)CO7)[C@@H](C)[C@@H]6[C@@]5(C)CC[C@@H]43)C2)[C@H](N)[C@@H](OC(C)=O)[C@@H]1OC(C)=O. The summed E-state index contributed by atoms with van der Waals surface area (Å²) in [6.07, 6.45) is 8.20. The molecule has 0 aromatic rings. The normalized spacial score (nSPS) is 49.5. The van der Waals surface area contributed by atoms with Crippen LogP contribution in [0.25, 0.3) is 0 Å². The van der Waals surface area contributed by atoms with E-state index in [2.05, 4.69) is 33.8 Å². The Morgan fingerprint density at radius 1 is 0.940 bits per heavy atom. The Hall–Kier alpha value is -2.05. The Morgan fingerprint density at radius 2 is 1.68 bits per heavy atom. The molecule has 7 rings (SSSR count). The summed E-state index contributed by atoms with van der Waals surface area (Å²) < 4.78 is 42.7. The highest BCUT2D eigenvalue weighted by Crippen LogP contribution is 2.70. The number of carbonyl (C=O) groups is 3. The molecule has 50 heavy (non-hydrogen) atoms. The third kappa shape index (κ3) is 6.14. The predicted octanol–water partition coefficient (Wildman–Crippen LogP) is 5.22. The van der Waals surface area contributed by atoms with Gasteiger partial charge in [0.15, 0.2) is 24.3 Å². The molecule has 0 unspecified atom stereocenters. The zero-order valence-corrected chi connectivity index (χ0v) is 31.0. The van der Waals surface area contributed by atoms with Crippen molar-refractivity contribution < 1.29 is 47.5 Å². The largest absolute Gasteiger partial charge is 0.463 e. The predicted molar refractivity (Wildman–Crippen MR) is 181 cm³/mol. The number of esters is 3. The van der Waals surface area contributed by atoms with E-state index in [0.717, 1.165) is 45.1 Å². The molecule has 280 valence electrons. The standard InChI is InChI=1S/C39H59NO10/c1-20-10-15-39(45-18-20)21(2)32-30(50-39)17-29-27-9-8-25-16-26(11-13-37(25,6)28(27)12-14-38(29,32)7)48-36-33(40)35(47-24(5)43)34(46-23(4)42)31(49-36)19-44-22(3)41/h8,20-21,26-36H,9-19,40H2,1-7H3/t20-,21+,26+,27-,28+,29+,30+,31-,32+,33-,34-,35-,36-,37+,38+,39-/m1/s1. The molecule has 0 radical (unpaired) electrons. The van der Waals surface area contributed by atoms with Crippen LogP contribution < -0.4 is 5.73 Å². The maximum Gasteiger partial charge on any atom is 0.303 e. The van der Waals surface area contributed by atoms with Gasteiger partial charge in [-0.1, -0.05) is 39.3 Å². The molecule has 7 aliphatic rings. The van der Waals surface area contributed by atoms with Crippen molar-refractivity contribution in [1.29, 1.82) is 0 Å². The smallest absolute Gasteiger partial charge is 0.303 e. The van der Waals surface area contributed by atoms with Crippen LogP contribution in [0.3, 0.4) is 0 Å². The summed E-state index contributed by atoms with van der Waals surface area (Å²) in [5.41, 5.74) is 8.45. The lowest BCUT2D eigenvalue weighted by atomic mass is 9.47. The number of hydrogen-bond acceptors (Lipinski definition) is 11. The minimum atomic E-state index is -1.05. The molecule has 11 nitrogen and oxygen atoms in total. The molecular weight excluding hydrogens is 642 g/mol. The van der Waals surface area contributed by atoms with Crippen LogP contribution in [0, 0.1) is 46.3 Å². The van der Waals surface area contributed by atoms with Crippen LogP contribution in [-0.2, 0) is 47.5 Å². The van der Waals surface area contributed by atoms with E-state index in [9.17, 15) is 14.4 Å². The van der Waals surface area contributed by atoms with Crippen molar-refractivity contribution >= 4 is 17.9 Å². The Bertz CT molecular complexity index is 1360. The average Bonchev–Trinajstić information content (AvgIpc) is 3.50. The molecule has 11 heteroatoms. The maximum absolute atomic E-state index is 12.1. The summed E-state index contributed by atoms with van der Waals surface area (Å²) in [6.45, 7) is 14.2. The number of carbonyl (C=O) groups excluding carboxylic acids is 3. The van der Waals surface area contributed by atoms with Crippen molar-refractivity contribution in [3.8, 4) is 0 Å². The zero-order chi connectivity index (χ0) is 35.7. The second-order valence-electron chi connectivity index (χ2n) is 17.3. The van der Waals surface area contributed by atoms with E-state index in [0.29, 0.717) is 35.5 Å². The number of fused-ring (bicyclic) bond motifs is 7. The van der Waals surface area contributed by atoms with Gasteiger partial charge < -0.3 is 38.9 Å². The molecule has 4 aliphatic carbocycles. The highest BCUT2D eigenvalue weighted by Gasteiger charge is 2.68. The molecule has 0 bridgehead atoms. The van der Waals surface area contributed by atoms with Gasteiger partial charge in [0.2, 0.25) is 0 Å². The lowest BCUT2D eigenvalue weighted by molar-refractivity contribution is -0.286. The van der Waals surface area contributed by atoms with Gasteiger partial charge in [0.1, 0.15) is 12.7 Å². The van der Waals surface area contributed by atoms with Gasteiger partial charge in [-0.2, -0.15) is 0 Å². The highest BCUT2D eigenvalue weighted by atomic mass is 16.7. The van der Waals surface area contributed by atoms with Crippen molar-refractivity contribution in [3.05, 3.63) is 11.6 Å². The van der Waals surface area contributed by atoms with Crippen LogP contribution in [0.4, 0.5) is 0 Å². The van der Waals surface area contributed by atoms with Gasteiger partial charge in [-0.3, -0.25) is 14.4 Å². The monoisotopic (exact) mass is 701 g/mol. The van der Waals surface area contributed by atoms with E-state index in [4.69, 9.17) is 38.9 Å². The first-order valence-corrected chi connectivity index (χ1v) is 19.2. The zero-order valence-electron chi connectivity index (χ0n) is 31.0. The third-order valence-corrected chi connectivity index (χ3v) is 14.4. The van der Waals surface area contributed by atoms with Crippen LogP contribution in [0.2, 0.25) is 0 Å². The van der Waals surface area contributed by atoms with E-state index in [1.165, 1.54) is 45.6 Å². The van der Waals surface area contributed by atoms with Crippen LogP contribution in [-0.4, -0.2) is 79.8 Å². The molecule has 0 aromatic heterocycles. The first kappa shape index (κ1) is 36.3. The number of nitrogens with two attached hydrogens (primary N) is 1. The molecule has 1 spiro atoms. The molecule has 3 heterocycles. The Balaban J connectivity index is 1.05. The number of allylic oxidation sites excluding steroid dienone is 1. The molecule has 0 aromatic carbocycles. The fourth-order valence-corrected chi connectivity index (χ4v) is 12.0. The fourth-order valence-electron chi connectivity index (χ4n) is 12.0. The number of hydrogen-bond donors (Lipinski definition) is 1. The van der Waals surface area contributed by atoms with E-state index in [1.807, 2.05) is 0 Å². The molecule has 6 fully saturated rings. The van der Waals surface area contributed by atoms with Gasteiger partial charge in [0.25, 0.3) is 0 Å². The quantitative estimate of drug-likeness (QED) is 0.221. The topological polar surface area (TPSA) is 142 Å². The summed E-state index contributed by atoms with van der Waals surface area (Å²) in [7, 11) is 0. The van der Waals surface area contributed by atoms with Gasteiger partial charge >= 0.3 is 17.9 Å². The van der Waals surface area contributed by atoms with Gasteiger partial charge in [0, 0.05) is 33.1 Å². The van der Waals surface area contributed by atoms with Gasteiger partial charge in [-0.25, -0.2) is 0 Å². The van der Waals surface area contributed by atoms with Gasteiger partial charge in [-0.15, -0.1) is 0 Å². The van der Waals surface area contributed by atoms with Crippen molar-refractivity contribution in [2.75, 3.05) is 13.2 Å². The van der Waals surface area contributed by atoms with Crippen LogP contribution in [0.5, 0.6) is 0 Å². The van der Waals surface area contributed by atoms with Crippen LogP contribution in [0.15, 0.2) is 11.6 Å². The lowest BCUT2D eigenvalue weighted by Gasteiger charge is -2.58. The summed E-state index contributed by atoms with van der Waals surface area (Å²) in [4.78, 5) is 35.8.